The summed E-state index contributed by atoms with van der Waals surface area (Å²) in [6.07, 6.45) is 0.728. The average molecular weight is 455 g/mol. The highest BCUT2D eigenvalue weighted by Crippen LogP contribution is 2.38. The van der Waals surface area contributed by atoms with E-state index < -0.39 is 17.5 Å². The van der Waals surface area contributed by atoms with Crippen molar-refractivity contribution in [2.45, 2.75) is 26.3 Å². The Labute approximate surface area is 190 Å². The molecule has 33 heavy (non-hydrogen) atoms. The molecule has 0 fully saturated rings. The van der Waals surface area contributed by atoms with E-state index in [4.69, 9.17) is 23.4 Å². The molecule has 1 amide bonds. The monoisotopic (exact) mass is 455 g/mol. The van der Waals surface area contributed by atoms with Crippen LogP contribution in [0.25, 0.3) is 11.0 Å². The molecule has 0 aliphatic heterocycles. The summed E-state index contributed by atoms with van der Waals surface area (Å²) in [5, 5.41) is 3.25. The fraction of sp³-hybridized carbons (Fsp3) is 0.292. The molecule has 174 valence electrons. The number of methoxy groups -OCH3 is 3. The highest BCUT2D eigenvalue weighted by Gasteiger charge is 2.19. The van der Waals surface area contributed by atoms with Crippen molar-refractivity contribution < 1.29 is 33.0 Å². The predicted octanol–water partition coefficient (Wildman–Crippen LogP) is 3.57. The number of benzene rings is 2. The van der Waals surface area contributed by atoms with Crippen LogP contribution in [0, 0.1) is 0 Å². The van der Waals surface area contributed by atoms with E-state index in [1.165, 1.54) is 51.7 Å². The van der Waals surface area contributed by atoms with Crippen LogP contribution in [0.2, 0.25) is 0 Å². The van der Waals surface area contributed by atoms with Gasteiger partial charge in [-0.15, -0.1) is 0 Å². The molecule has 0 bridgehead atoms. The van der Waals surface area contributed by atoms with Gasteiger partial charge < -0.3 is 28.7 Å². The molecule has 9 heteroatoms. The number of fused-ring (bicyclic) bond motifs is 1. The Morgan fingerprint density at radius 1 is 1.00 bits per heavy atom. The first-order valence-corrected chi connectivity index (χ1v) is 10.2. The minimum absolute atomic E-state index is 0.0791. The Balaban J connectivity index is 1.88. The second-order valence-electron chi connectivity index (χ2n) is 7.23. The van der Waals surface area contributed by atoms with Gasteiger partial charge in [-0.1, -0.05) is 6.92 Å². The minimum atomic E-state index is -0.781. The van der Waals surface area contributed by atoms with Crippen molar-refractivity contribution >= 4 is 22.8 Å². The van der Waals surface area contributed by atoms with Gasteiger partial charge in [-0.25, -0.2) is 9.59 Å². The van der Waals surface area contributed by atoms with Crippen molar-refractivity contribution in [2.24, 2.45) is 0 Å². The summed E-state index contributed by atoms with van der Waals surface area (Å²) in [4.78, 5) is 37.4. The third-order valence-corrected chi connectivity index (χ3v) is 5.05. The van der Waals surface area contributed by atoms with Gasteiger partial charge in [0.05, 0.1) is 26.9 Å². The van der Waals surface area contributed by atoms with Crippen LogP contribution in [0.1, 0.15) is 41.0 Å². The molecular formula is C24H25NO8. The van der Waals surface area contributed by atoms with Crippen molar-refractivity contribution in [3.8, 4) is 23.0 Å². The predicted molar refractivity (Wildman–Crippen MR) is 121 cm³/mol. The zero-order chi connectivity index (χ0) is 24.1. The van der Waals surface area contributed by atoms with Crippen LogP contribution in [0.4, 0.5) is 0 Å². The third-order valence-electron chi connectivity index (χ3n) is 5.05. The Kier molecular flexibility index (Phi) is 7.22. The van der Waals surface area contributed by atoms with Crippen LogP contribution < -0.4 is 29.9 Å². The van der Waals surface area contributed by atoms with Crippen LogP contribution in [0.5, 0.6) is 23.0 Å². The largest absolute Gasteiger partial charge is 0.493 e. The summed E-state index contributed by atoms with van der Waals surface area (Å²) in [6, 6.07) is 8.84. The number of nitrogens with one attached hydrogen (secondary N) is 1. The molecule has 3 aromatic rings. The second kappa shape index (κ2) is 10.1. The van der Waals surface area contributed by atoms with E-state index in [9.17, 15) is 14.4 Å². The molecule has 1 heterocycles. The molecule has 1 unspecified atom stereocenters. The number of hydrogen-bond donors (Lipinski definition) is 1. The Morgan fingerprint density at radius 3 is 2.24 bits per heavy atom. The van der Waals surface area contributed by atoms with Crippen LogP contribution >= 0.6 is 0 Å². The van der Waals surface area contributed by atoms with Gasteiger partial charge in [0.1, 0.15) is 16.9 Å². The van der Waals surface area contributed by atoms with Gasteiger partial charge >= 0.3 is 11.6 Å². The number of carbonyl (C=O) groups excluding carboxylic acids is 2. The summed E-state index contributed by atoms with van der Waals surface area (Å²) in [5.41, 5.74) is -0.528. The number of amides is 1. The number of carbonyl (C=O) groups is 2. The number of rotatable bonds is 8. The molecular weight excluding hydrogens is 430 g/mol. The molecule has 0 aliphatic rings. The van der Waals surface area contributed by atoms with Gasteiger partial charge in [-0.05, 0) is 43.7 Å². The van der Waals surface area contributed by atoms with E-state index in [1.807, 2.05) is 13.8 Å². The average Bonchev–Trinajstić information content (AvgIpc) is 2.82. The van der Waals surface area contributed by atoms with E-state index in [-0.39, 0.29) is 28.5 Å². The summed E-state index contributed by atoms with van der Waals surface area (Å²) in [5.74, 6) is -0.0789. The van der Waals surface area contributed by atoms with Crippen LogP contribution in [0.15, 0.2) is 45.6 Å². The Morgan fingerprint density at radius 2 is 1.67 bits per heavy atom. The number of esters is 1. The van der Waals surface area contributed by atoms with Gasteiger partial charge in [-0.3, -0.25) is 4.79 Å². The zero-order valence-electron chi connectivity index (χ0n) is 19.0. The molecule has 2 aromatic carbocycles. The third kappa shape index (κ3) is 5.08. The van der Waals surface area contributed by atoms with Gasteiger partial charge in [0.15, 0.2) is 11.5 Å². The summed E-state index contributed by atoms with van der Waals surface area (Å²) in [6.45, 7) is 3.77. The second-order valence-corrected chi connectivity index (χ2v) is 7.23. The molecule has 3 rings (SSSR count). The lowest BCUT2D eigenvalue weighted by Gasteiger charge is -2.14. The molecule has 0 spiro atoms. The number of hydrogen-bond acceptors (Lipinski definition) is 8. The molecule has 0 saturated heterocycles. The van der Waals surface area contributed by atoms with Gasteiger partial charge in [0, 0.05) is 17.5 Å². The van der Waals surface area contributed by atoms with E-state index in [2.05, 4.69) is 5.32 Å². The molecule has 0 saturated carbocycles. The topological polar surface area (TPSA) is 113 Å². The first-order chi connectivity index (χ1) is 15.8. The first kappa shape index (κ1) is 23.6. The molecule has 0 aliphatic carbocycles. The number of ether oxygens (including phenoxy) is 4. The van der Waals surface area contributed by atoms with E-state index >= 15 is 0 Å². The minimum Gasteiger partial charge on any atom is -0.493 e. The molecule has 1 aromatic heterocycles. The highest BCUT2D eigenvalue weighted by molar-refractivity contribution is 5.97. The smallest absolute Gasteiger partial charge is 0.349 e. The lowest BCUT2D eigenvalue weighted by atomic mass is 10.1. The first-order valence-electron chi connectivity index (χ1n) is 10.2. The van der Waals surface area contributed by atoms with Crippen LogP contribution in [-0.2, 0) is 0 Å². The quantitative estimate of drug-likeness (QED) is 0.312. The Bertz CT molecular complexity index is 1220. The summed E-state index contributed by atoms with van der Waals surface area (Å²) >= 11 is 0. The fourth-order valence-corrected chi connectivity index (χ4v) is 3.08. The van der Waals surface area contributed by atoms with Gasteiger partial charge in [0.2, 0.25) is 5.75 Å². The van der Waals surface area contributed by atoms with E-state index in [1.54, 1.807) is 6.07 Å². The van der Waals surface area contributed by atoms with Crippen molar-refractivity contribution in [1.82, 2.24) is 5.32 Å². The van der Waals surface area contributed by atoms with Crippen LogP contribution in [0.3, 0.4) is 0 Å². The Hall–Kier alpha value is -4.01. The summed E-state index contributed by atoms with van der Waals surface area (Å²) < 4.78 is 26.5. The maximum atomic E-state index is 12.7. The highest BCUT2D eigenvalue weighted by atomic mass is 16.5. The van der Waals surface area contributed by atoms with Crippen molar-refractivity contribution in [3.63, 3.8) is 0 Å². The maximum absolute atomic E-state index is 12.7. The lowest BCUT2D eigenvalue weighted by molar-refractivity contribution is 0.0733. The zero-order valence-corrected chi connectivity index (χ0v) is 19.0. The molecule has 0 radical (unpaired) electrons. The van der Waals surface area contributed by atoms with Crippen molar-refractivity contribution in [3.05, 3.63) is 57.9 Å². The fourth-order valence-electron chi connectivity index (χ4n) is 3.08. The van der Waals surface area contributed by atoms with E-state index in [0.717, 1.165) is 6.42 Å². The van der Waals surface area contributed by atoms with Gasteiger partial charge in [0.25, 0.3) is 5.91 Å². The van der Waals surface area contributed by atoms with E-state index in [0.29, 0.717) is 22.6 Å². The van der Waals surface area contributed by atoms with Crippen molar-refractivity contribution in [1.29, 1.82) is 0 Å². The lowest BCUT2D eigenvalue weighted by Crippen LogP contribution is -2.34. The van der Waals surface area contributed by atoms with Gasteiger partial charge in [-0.2, -0.15) is 0 Å². The SMILES string of the molecule is CCC(C)NC(=O)c1cc2ccc(OC(=O)c3cc(OC)c(OC)c(OC)c3)cc2oc1=O. The maximum Gasteiger partial charge on any atom is 0.349 e. The summed E-state index contributed by atoms with van der Waals surface area (Å²) in [7, 11) is 4.34. The normalized spacial score (nSPS) is 11.5. The molecule has 9 nitrogen and oxygen atoms in total. The molecule has 1 N–H and O–H groups in total. The standard InChI is InChI=1S/C24H25NO8/c1-6-13(2)25-22(26)17-9-14-7-8-16(12-18(14)33-24(17)28)32-23(27)15-10-19(29-3)21(31-5)20(11-15)30-4/h7-13H,6H2,1-5H3,(H,25,26). The van der Waals surface area contributed by atoms with Crippen LogP contribution in [-0.4, -0.2) is 39.2 Å². The van der Waals surface area contributed by atoms with Crippen molar-refractivity contribution in [2.75, 3.05) is 21.3 Å². The molecule has 1 atom stereocenters.